The Balaban J connectivity index is 2.32. The lowest BCUT2D eigenvalue weighted by atomic mass is 10.1. The van der Waals surface area contributed by atoms with Crippen LogP contribution in [0.5, 0.6) is 5.75 Å². The normalized spacial score (nSPS) is 10.8. The van der Waals surface area contributed by atoms with Gasteiger partial charge in [0.1, 0.15) is 11.3 Å². The quantitative estimate of drug-likeness (QED) is 0.660. The topological polar surface area (TPSA) is 52.8 Å². The van der Waals surface area contributed by atoms with Crippen LogP contribution in [0.15, 0.2) is 36.5 Å². The summed E-state index contributed by atoms with van der Waals surface area (Å²) < 4.78 is 11.8. The fourth-order valence-corrected chi connectivity index (χ4v) is 2.16. The van der Waals surface area contributed by atoms with Gasteiger partial charge in [-0.2, -0.15) is 5.10 Å². The molecule has 0 aliphatic rings. The van der Waals surface area contributed by atoms with Crippen molar-refractivity contribution in [2.45, 2.75) is 0 Å². The highest BCUT2D eigenvalue weighted by Crippen LogP contribution is 2.28. The predicted molar refractivity (Wildman–Crippen MR) is 70.6 cm³/mol. The summed E-state index contributed by atoms with van der Waals surface area (Å²) in [6, 6.07) is 9.03. The summed E-state index contributed by atoms with van der Waals surface area (Å²) in [6.07, 6.45) is 1.84. The van der Waals surface area contributed by atoms with E-state index in [-0.39, 0.29) is 5.97 Å². The van der Waals surface area contributed by atoms with Crippen LogP contribution in [-0.2, 0) is 4.74 Å². The number of hydrogen-bond donors (Lipinski definition) is 0. The zero-order valence-electron chi connectivity index (χ0n) is 10.6. The van der Waals surface area contributed by atoms with Crippen molar-refractivity contribution in [3.8, 4) is 5.75 Å². The molecule has 0 saturated carbocycles. The minimum Gasteiger partial charge on any atom is -0.494 e. The van der Waals surface area contributed by atoms with Crippen LogP contribution >= 0.6 is 0 Å². The molecule has 3 aromatic rings. The van der Waals surface area contributed by atoms with E-state index in [1.165, 1.54) is 7.11 Å². The first kappa shape index (κ1) is 11.5. The minimum atomic E-state index is -0.370. The van der Waals surface area contributed by atoms with E-state index in [0.717, 1.165) is 22.2 Å². The number of nitrogens with zero attached hydrogens (tertiary/aromatic N) is 2. The number of rotatable bonds is 2. The van der Waals surface area contributed by atoms with E-state index in [2.05, 4.69) is 5.10 Å². The molecule has 2 aromatic heterocycles. The molecule has 2 heterocycles. The summed E-state index contributed by atoms with van der Waals surface area (Å²) in [5, 5.41) is 5.37. The van der Waals surface area contributed by atoms with E-state index in [4.69, 9.17) is 9.47 Å². The lowest BCUT2D eigenvalue weighted by molar-refractivity contribution is 0.0601. The number of esters is 1. The molecule has 96 valence electrons. The van der Waals surface area contributed by atoms with Gasteiger partial charge in [-0.15, -0.1) is 0 Å². The standard InChI is InChI=1S/C14H12N2O3/c1-18-12-4-3-7-16-13(12)10-6-5-9(14(17)19-2)8-11(10)15-16/h3-8H,1-2H3. The van der Waals surface area contributed by atoms with Crippen molar-refractivity contribution in [1.82, 2.24) is 9.61 Å². The molecule has 0 atom stereocenters. The Bertz CT molecular complexity index is 777. The van der Waals surface area contributed by atoms with Crippen molar-refractivity contribution in [3.63, 3.8) is 0 Å². The van der Waals surface area contributed by atoms with Crippen LogP contribution in [0.25, 0.3) is 16.4 Å². The number of carbonyl (C=O) groups is 1. The fourth-order valence-electron chi connectivity index (χ4n) is 2.16. The van der Waals surface area contributed by atoms with Gasteiger partial charge in [0, 0.05) is 11.6 Å². The van der Waals surface area contributed by atoms with E-state index in [9.17, 15) is 4.79 Å². The summed E-state index contributed by atoms with van der Waals surface area (Å²) in [5.41, 5.74) is 2.10. The van der Waals surface area contributed by atoms with Gasteiger partial charge in [-0.05, 0) is 30.3 Å². The number of methoxy groups -OCH3 is 2. The van der Waals surface area contributed by atoms with Gasteiger partial charge in [-0.1, -0.05) is 0 Å². The van der Waals surface area contributed by atoms with Gasteiger partial charge >= 0.3 is 5.97 Å². The number of hydrogen-bond acceptors (Lipinski definition) is 4. The average molecular weight is 256 g/mol. The second kappa shape index (κ2) is 4.28. The number of carbonyl (C=O) groups excluding carboxylic acids is 1. The molecule has 0 N–H and O–H groups in total. The molecule has 19 heavy (non-hydrogen) atoms. The Hall–Kier alpha value is -2.56. The Morgan fingerprint density at radius 1 is 1.26 bits per heavy atom. The van der Waals surface area contributed by atoms with Gasteiger partial charge < -0.3 is 9.47 Å². The van der Waals surface area contributed by atoms with Crippen molar-refractivity contribution in [1.29, 1.82) is 0 Å². The van der Waals surface area contributed by atoms with Gasteiger partial charge in [0.15, 0.2) is 0 Å². The van der Waals surface area contributed by atoms with E-state index in [1.807, 2.05) is 24.4 Å². The monoisotopic (exact) mass is 256 g/mol. The number of fused-ring (bicyclic) bond motifs is 3. The lowest BCUT2D eigenvalue weighted by Crippen LogP contribution is -2.00. The zero-order chi connectivity index (χ0) is 13.4. The van der Waals surface area contributed by atoms with Gasteiger partial charge in [0.25, 0.3) is 0 Å². The molecule has 0 saturated heterocycles. The highest BCUT2D eigenvalue weighted by atomic mass is 16.5. The zero-order valence-corrected chi connectivity index (χ0v) is 10.6. The first-order valence-corrected chi connectivity index (χ1v) is 5.78. The van der Waals surface area contributed by atoms with Crippen LogP contribution in [0.2, 0.25) is 0 Å². The van der Waals surface area contributed by atoms with E-state index >= 15 is 0 Å². The maximum atomic E-state index is 11.5. The molecule has 0 unspecified atom stereocenters. The third-order valence-corrected chi connectivity index (χ3v) is 3.05. The van der Waals surface area contributed by atoms with Crippen LogP contribution < -0.4 is 4.74 Å². The molecule has 0 spiro atoms. The predicted octanol–water partition coefficient (Wildman–Crippen LogP) is 2.28. The third kappa shape index (κ3) is 1.71. The summed E-state index contributed by atoms with van der Waals surface area (Å²) in [4.78, 5) is 11.5. The molecule has 0 aliphatic carbocycles. The lowest BCUT2D eigenvalue weighted by Gasteiger charge is -2.02. The maximum Gasteiger partial charge on any atom is 0.337 e. The van der Waals surface area contributed by atoms with Gasteiger partial charge in [-0.3, -0.25) is 0 Å². The Morgan fingerprint density at radius 2 is 2.11 bits per heavy atom. The highest BCUT2D eigenvalue weighted by molar-refractivity contribution is 6.01. The van der Waals surface area contributed by atoms with E-state index < -0.39 is 0 Å². The molecule has 0 aliphatic heterocycles. The van der Waals surface area contributed by atoms with Crippen molar-refractivity contribution >= 4 is 22.4 Å². The number of benzene rings is 1. The van der Waals surface area contributed by atoms with Gasteiger partial charge in [0.05, 0.1) is 25.3 Å². The minimum absolute atomic E-state index is 0.370. The number of ether oxygens (including phenoxy) is 2. The summed E-state index contributed by atoms with van der Waals surface area (Å²) in [5.74, 6) is 0.377. The van der Waals surface area contributed by atoms with Gasteiger partial charge in [-0.25, -0.2) is 9.31 Å². The molecule has 5 nitrogen and oxygen atoms in total. The third-order valence-electron chi connectivity index (χ3n) is 3.05. The Labute approximate surface area is 109 Å². The summed E-state index contributed by atoms with van der Waals surface area (Å²) in [7, 11) is 2.98. The van der Waals surface area contributed by atoms with Crippen molar-refractivity contribution in [3.05, 3.63) is 42.1 Å². The van der Waals surface area contributed by atoms with Gasteiger partial charge in [0.2, 0.25) is 0 Å². The van der Waals surface area contributed by atoms with E-state index in [1.54, 1.807) is 23.8 Å². The SMILES string of the molecule is COC(=O)c1ccc2c(c1)nn1cccc(OC)c21. The average Bonchev–Trinajstić information content (AvgIpc) is 2.83. The molecular weight excluding hydrogens is 244 g/mol. The summed E-state index contributed by atoms with van der Waals surface area (Å²) in [6.45, 7) is 0. The molecule has 0 fully saturated rings. The fraction of sp³-hybridized carbons (Fsp3) is 0.143. The van der Waals surface area contributed by atoms with Crippen LogP contribution in [0.3, 0.4) is 0 Å². The Kier molecular flexibility index (Phi) is 2.59. The number of pyridine rings is 1. The molecule has 0 amide bonds. The van der Waals surface area contributed by atoms with E-state index in [0.29, 0.717) is 5.56 Å². The van der Waals surface area contributed by atoms with Crippen LogP contribution in [-0.4, -0.2) is 29.8 Å². The molecule has 0 radical (unpaired) electrons. The van der Waals surface area contributed by atoms with Crippen molar-refractivity contribution < 1.29 is 14.3 Å². The van der Waals surface area contributed by atoms with Crippen LogP contribution in [0, 0.1) is 0 Å². The Morgan fingerprint density at radius 3 is 2.84 bits per heavy atom. The van der Waals surface area contributed by atoms with Crippen LogP contribution in [0.4, 0.5) is 0 Å². The van der Waals surface area contributed by atoms with Crippen molar-refractivity contribution in [2.75, 3.05) is 14.2 Å². The largest absolute Gasteiger partial charge is 0.494 e. The number of aromatic nitrogens is 2. The first-order chi connectivity index (χ1) is 9.24. The second-order valence-corrected chi connectivity index (χ2v) is 4.09. The molecule has 1 aromatic carbocycles. The second-order valence-electron chi connectivity index (χ2n) is 4.09. The summed E-state index contributed by atoms with van der Waals surface area (Å²) >= 11 is 0. The molecular formula is C14H12N2O3. The maximum absolute atomic E-state index is 11.5. The molecule has 3 rings (SSSR count). The smallest absolute Gasteiger partial charge is 0.337 e. The van der Waals surface area contributed by atoms with Crippen molar-refractivity contribution in [2.24, 2.45) is 0 Å². The van der Waals surface area contributed by atoms with Crippen LogP contribution in [0.1, 0.15) is 10.4 Å². The highest BCUT2D eigenvalue weighted by Gasteiger charge is 2.12. The first-order valence-electron chi connectivity index (χ1n) is 5.78. The molecule has 5 heteroatoms. The molecule has 0 bridgehead atoms.